The van der Waals surface area contributed by atoms with Crippen LogP contribution in [0.1, 0.15) is 0 Å². The van der Waals surface area contributed by atoms with Crippen LogP contribution in [-0.4, -0.2) is 25.1 Å². The summed E-state index contributed by atoms with van der Waals surface area (Å²) in [5, 5.41) is 30.2. The SMILES string of the molecule is Br.O=[N+]([O-])c1cc(-c2ccnc(-c3ccccc3)n2)cc(O)c1O. The molecule has 122 valence electrons. The van der Waals surface area contributed by atoms with Crippen molar-refractivity contribution < 1.29 is 15.1 Å². The minimum atomic E-state index is -0.768. The molecule has 0 saturated heterocycles. The van der Waals surface area contributed by atoms with Crippen LogP contribution < -0.4 is 0 Å². The third-order valence-corrected chi connectivity index (χ3v) is 3.25. The zero-order chi connectivity index (χ0) is 16.4. The quantitative estimate of drug-likeness (QED) is 0.401. The third kappa shape index (κ3) is 3.33. The maximum atomic E-state index is 10.9. The number of benzene rings is 2. The number of halogens is 1. The molecule has 0 radical (unpaired) electrons. The number of nitro benzene ring substituents is 1. The van der Waals surface area contributed by atoms with Crippen LogP contribution in [0.15, 0.2) is 54.7 Å². The van der Waals surface area contributed by atoms with Crippen molar-refractivity contribution in [3.05, 3.63) is 64.8 Å². The summed E-state index contributed by atoms with van der Waals surface area (Å²) < 4.78 is 0. The zero-order valence-corrected chi connectivity index (χ0v) is 13.9. The van der Waals surface area contributed by atoms with Gasteiger partial charge in [-0.25, -0.2) is 9.97 Å². The molecule has 7 nitrogen and oxygen atoms in total. The summed E-state index contributed by atoms with van der Waals surface area (Å²) in [6.07, 6.45) is 1.53. The molecule has 2 N–H and O–H groups in total. The lowest BCUT2D eigenvalue weighted by molar-refractivity contribution is -0.385. The van der Waals surface area contributed by atoms with Crippen molar-refractivity contribution in [2.45, 2.75) is 0 Å². The highest BCUT2D eigenvalue weighted by atomic mass is 79.9. The van der Waals surface area contributed by atoms with E-state index in [1.165, 1.54) is 12.3 Å². The van der Waals surface area contributed by atoms with Gasteiger partial charge in [-0.3, -0.25) is 10.1 Å². The van der Waals surface area contributed by atoms with Gasteiger partial charge in [0.05, 0.1) is 10.6 Å². The lowest BCUT2D eigenvalue weighted by Crippen LogP contribution is -1.94. The first kappa shape index (κ1) is 17.4. The Morgan fingerprint density at radius 3 is 2.38 bits per heavy atom. The molecule has 0 spiro atoms. The fraction of sp³-hybridized carbons (Fsp3) is 0. The van der Waals surface area contributed by atoms with Crippen LogP contribution in [0.25, 0.3) is 22.6 Å². The summed E-state index contributed by atoms with van der Waals surface area (Å²) >= 11 is 0. The molecule has 1 heterocycles. The van der Waals surface area contributed by atoms with Crippen molar-refractivity contribution in [1.82, 2.24) is 9.97 Å². The predicted molar refractivity (Wildman–Crippen MR) is 93.2 cm³/mol. The molecule has 2 aromatic carbocycles. The van der Waals surface area contributed by atoms with Gasteiger partial charge in [-0.05, 0) is 12.1 Å². The molecule has 0 aliphatic rings. The molecule has 3 aromatic rings. The average Bonchev–Trinajstić information content (AvgIpc) is 2.58. The second kappa shape index (κ2) is 7.05. The molecule has 8 heteroatoms. The number of nitro groups is 1. The second-order valence-electron chi connectivity index (χ2n) is 4.75. The summed E-state index contributed by atoms with van der Waals surface area (Å²) in [7, 11) is 0. The average molecular weight is 390 g/mol. The Kier molecular flexibility index (Phi) is 5.10. The number of rotatable bonds is 3. The molecule has 0 unspecified atom stereocenters. The number of hydrogen-bond donors (Lipinski definition) is 2. The van der Waals surface area contributed by atoms with Crippen LogP contribution in [0.4, 0.5) is 5.69 Å². The van der Waals surface area contributed by atoms with Crippen LogP contribution in [0, 0.1) is 10.1 Å². The van der Waals surface area contributed by atoms with E-state index in [9.17, 15) is 20.3 Å². The number of aromatic hydroxyl groups is 2. The van der Waals surface area contributed by atoms with Crippen LogP contribution in [0.5, 0.6) is 11.5 Å². The maximum absolute atomic E-state index is 10.9. The maximum Gasteiger partial charge on any atom is 0.315 e. The first-order chi connectivity index (χ1) is 11.1. The van der Waals surface area contributed by atoms with E-state index in [1.807, 2.05) is 30.3 Å². The minimum Gasteiger partial charge on any atom is -0.504 e. The summed E-state index contributed by atoms with van der Waals surface area (Å²) in [6, 6.07) is 13.2. The molecular weight excluding hydrogens is 378 g/mol. The van der Waals surface area contributed by atoms with Crippen molar-refractivity contribution in [2.24, 2.45) is 0 Å². The Morgan fingerprint density at radius 1 is 1.00 bits per heavy atom. The highest BCUT2D eigenvalue weighted by Gasteiger charge is 2.20. The Balaban J connectivity index is 0.00000208. The van der Waals surface area contributed by atoms with Gasteiger partial charge in [0.25, 0.3) is 0 Å². The van der Waals surface area contributed by atoms with Gasteiger partial charge >= 0.3 is 5.69 Å². The van der Waals surface area contributed by atoms with Crippen molar-refractivity contribution >= 4 is 22.7 Å². The van der Waals surface area contributed by atoms with Crippen molar-refractivity contribution in [1.29, 1.82) is 0 Å². The molecule has 1 aromatic heterocycles. The molecule has 0 fully saturated rings. The predicted octanol–water partition coefficient (Wildman–Crippen LogP) is 3.71. The Labute approximate surface area is 147 Å². The summed E-state index contributed by atoms with van der Waals surface area (Å²) in [5.74, 6) is -0.886. The standard InChI is InChI=1S/C16H11N3O4.BrH/c20-14-9-11(8-13(15(14)21)19(22)23)12-6-7-17-16(18-12)10-4-2-1-3-5-10;/h1-9,20-21H;1H. The van der Waals surface area contributed by atoms with Gasteiger partial charge in [-0.1, -0.05) is 30.3 Å². The Bertz CT molecular complexity index is 888. The van der Waals surface area contributed by atoms with Gasteiger partial charge in [0.1, 0.15) is 0 Å². The monoisotopic (exact) mass is 389 g/mol. The number of nitrogens with zero attached hydrogens (tertiary/aromatic N) is 3. The van der Waals surface area contributed by atoms with E-state index in [0.29, 0.717) is 17.1 Å². The highest BCUT2D eigenvalue weighted by molar-refractivity contribution is 8.93. The molecule has 0 saturated carbocycles. The fourth-order valence-corrected chi connectivity index (χ4v) is 2.14. The summed E-state index contributed by atoms with van der Waals surface area (Å²) in [6.45, 7) is 0. The number of aromatic nitrogens is 2. The lowest BCUT2D eigenvalue weighted by Gasteiger charge is -2.06. The first-order valence-corrected chi connectivity index (χ1v) is 6.65. The van der Waals surface area contributed by atoms with Crippen molar-refractivity contribution in [3.63, 3.8) is 0 Å². The van der Waals surface area contributed by atoms with Crippen LogP contribution >= 0.6 is 17.0 Å². The highest BCUT2D eigenvalue weighted by Crippen LogP contribution is 2.39. The Hall–Kier alpha value is -3.00. The van der Waals surface area contributed by atoms with Crippen molar-refractivity contribution in [2.75, 3.05) is 0 Å². The lowest BCUT2D eigenvalue weighted by atomic mass is 10.1. The largest absolute Gasteiger partial charge is 0.504 e. The molecule has 0 bridgehead atoms. The van der Waals surface area contributed by atoms with Gasteiger partial charge in [0, 0.05) is 23.4 Å². The van der Waals surface area contributed by atoms with Gasteiger partial charge in [-0.15, -0.1) is 17.0 Å². The molecular formula is C16H12BrN3O4. The number of hydrogen-bond acceptors (Lipinski definition) is 6. The Morgan fingerprint density at radius 2 is 1.71 bits per heavy atom. The zero-order valence-electron chi connectivity index (χ0n) is 12.2. The van der Waals surface area contributed by atoms with E-state index in [-0.39, 0.29) is 17.0 Å². The van der Waals surface area contributed by atoms with E-state index in [2.05, 4.69) is 9.97 Å². The van der Waals surface area contributed by atoms with E-state index >= 15 is 0 Å². The van der Waals surface area contributed by atoms with E-state index in [4.69, 9.17) is 0 Å². The smallest absolute Gasteiger partial charge is 0.315 e. The topological polar surface area (TPSA) is 109 Å². The second-order valence-corrected chi connectivity index (χ2v) is 4.75. The normalized spacial score (nSPS) is 10.0. The van der Waals surface area contributed by atoms with Crippen LogP contribution in [0.3, 0.4) is 0 Å². The molecule has 3 rings (SSSR count). The van der Waals surface area contributed by atoms with E-state index in [0.717, 1.165) is 11.6 Å². The third-order valence-electron chi connectivity index (χ3n) is 3.25. The minimum absolute atomic E-state index is 0. The number of phenolic OH excluding ortho intramolecular Hbond substituents is 2. The van der Waals surface area contributed by atoms with E-state index in [1.54, 1.807) is 6.07 Å². The summed E-state index contributed by atoms with van der Waals surface area (Å²) in [4.78, 5) is 18.7. The fourth-order valence-electron chi connectivity index (χ4n) is 2.14. The van der Waals surface area contributed by atoms with Gasteiger partial charge in [0.15, 0.2) is 11.6 Å². The van der Waals surface area contributed by atoms with Gasteiger partial charge in [0.2, 0.25) is 5.75 Å². The van der Waals surface area contributed by atoms with Gasteiger partial charge < -0.3 is 10.2 Å². The van der Waals surface area contributed by atoms with Crippen molar-refractivity contribution in [3.8, 4) is 34.1 Å². The summed E-state index contributed by atoms with van der Waals surface area (Å²) in [5.41, 5.74) is 0.926. The van der Waals surface area contributed by atoms with Crippen LogP contribution in [-0.2, 0) is 0 Å². The number of phenols is 2. The molecule has 0 aliphatic heterocycles. The first-order valence-electron chi connectivity index (χ1n) is 6.65. The molecule has 24 heavy (non-hydrogen) atoms. The molecule has 0 amide bonds. The van der Waals surface area contributed by atoms with Crippen LogP contribution in [0.2, 0.25) is 0 Å². The van der Waals surface area contributed by atoms with E-state index < -0.39 is 22.1 Å². The molecule has 0 aliphatic carbocycles. The van der Waals surface area contributed by atoms with Gasteiger partial charge in [-0.2, -0.15) is 0 Å². The molecule has 0 atom stereocenters.